The molecule has 0 aliphatic carbocycles. The molecule has 3 aromatic rings. The fourth-order valence-corrected chi connectivity index (χ4v) is 2.45. The topological polar surface area (TPSA) is 71.7 Å². The minimum Gasteiger partial charge on any atom is -0.507 e. The Morgan fingerprint density at radius 3 is 2.50 bits per heavy atom. The van der Waals surface area contributed by atoms with E-state index in [1.165, 1.54) is 10.6 Å². The van der Waals surface area contributed by atoms with E-state index in [0.717, 1.165) is 0 Å². The Labute approximate surface area is 126 Å². The molecular weight excluding hydrogens is 282 g/mol. The highest BCUT2D eigenvalue weighted by atomic mass is 16.5. The molecule has 5 heteroatoms. The van der Waals surface area contributed by atoms with Gasteiger partial charge in [0, 0.05) is 11.9 Å². The molecule has 0 radical (unpaired) electrons. The molecular formula is C17H15NO4. The summed E-state index contributed by atoms with van der Waals surface area (Å²) >= 11 is 0. The highest BCUT2D eigenvalue weighted by Crippen LogP contribution is 2.24. The SMILES string of the molecule is COc1ccc(-n2ccc3cc(CO)cc(O)c3c2=O)cc1. The van der Waals surface area contributed by atoms with Crippen molar-refractivity contribution in [3.8, 4) is 17.2 Å². The summed E-state index contributed by atoms with van der Waals surface area (Å²) in [5.74, 6) is 0.572. The van der Waals surface area contributed by atoms with Crippen molar-refractivity contribution in [1.29, 1.82) is 0 Å². The number of phenols is 1. The average Bonchev–Trinajstić information content (AvgIpc) is 2.55. The highest BCUT2D eigenvalue weighted by Gasteiger charge is 2.10. The maximum atomic E-state index is 12.6. The number of nitrogens with zero attached hydrogens (tertiary/aromatic N) is 1. The number of aromatic nitrogens is 1. The van der Waals surface area contributed by atoms with Crippen molar-refractivity contribution in [2.45, 2.75) is 6.61 Å². The Kier molecular flexibility index (Phi) is 3.56. The van der Waals surface area contributed by atoms with E-state index in [1.807, 2.05) is 0 Å². The molecule has 0 amide bonds. The van der Waals surface area contributed by atoms with Crippen molar-refractivity contribution >= 4 is 10.8 Å². The molecule has 0 aliphatic rings. The third-order valence-corrected chi connectivity index (χ3v) is 3.58. The summed E-state index contributed by atoms with van der Waals surface area (Å²) in [6.45, 7) is -0.189. The van der Waals surface area contributed by atoms with E-state index in [2.05, 4.69) is 0 Å². The maximum absolute atomic E-state index is 12.6. The van der Waals surface area contributed by atoms with Crippen molar-refractivity contribution in [2.75, 3.05) is 7.11 Å². The van der Waals surface area contributed by atoms with Crippen LogP contribution < -0.4 is 10.3 Å². The molecule has 0 saturated carbocycles. The lowest BCUT2D eigenvalue weighted by molar-refractivity contribution is 0.281. The van der Waals surface area contributed by atoms with Crippen LogP contribution in [0.25, 0.3) is 16.5 Å². The quantitative estimate of drug-likeness (QED) is 0.777. The Bertz CT molecular complexity index is 882. The van der Waals surface area contributed by atoms with Gasteiger partial charge in [-0.3, -0.25) is 9.36 Å². The minimum absolute atomic E-state index is 0.130. The summed E-state index contributed by atoms with van der Waals surface area (Å²) in [7, 11) is 1.58. The maximum Gasteiger partial charge on any atom is 0.266 e. The van der Waals surface area contributed by atoms with Crippen LogP contribution in [0.2, 0.25) is 0 Å². The number of aliphatic hydroxyl groups is 1. The zero-order valence-electron chi connectivity index (χ0n) is 12.0. The molecule has 22 heavy (non-hydrogen) atoms. The smallest absolute Gasteiger partial charge is 0.266 e. The van der Waals surface area contributed by atoms with Crippen molar-refractivity contribution in [2.24, 2.45) is 0 Å². The summed E-state index contributed by atoms with van der Waals surface area (Å²) < 4.78 is 6.56. The molecule has 1 aromatic heterocycles. The van der Waals surface area contributed by atoms with Gasteiger partial charge in [-0.1, -0.05) is 0 Å². The second-order valence-electron chi connectivity index (χ2n) is 4.93. The number of aromatic hydroxyl groups is 1. The second kappa shape index (κ2) is 5.54. The number of benzene rings is 2. The molecule has 0 saturated heterocycles. The number of hydrogen-bond acceptors (Lipinski definition) is 4. The zero-order valence-corrected chi connectivity index (χ0v) is 12.0. The van der Waals surface area contributed by atoms with Gasteiger partial charge in [-0.2, -0.15) is 0 Å². The van der Waals surface area contributed by atoms with Gasteiger partial charge in [0.05, 0.1) is 19.1 Å². The third kappa shape index (κ3) is 2.31. The first-order chi connectivity index (χ1) is 10.6. The first-order valence-corrected chi connectivity index (χ1v) is 6.76. The average molecular weight is 297 g/mol. The summed E-state index contributed by atoms with van der Waals surface area (Å²) in [6.07, 6.45) is 1.65. The third-order valence-electron chi connectivity index (χ3n) is 3.58. The zero-order chi connectivity index (χ0) is 15.7. The first-order valence-electron chi connectivity index (χ1n) is 6.76. The van der Waals surface area contributed by atoms with Gasteiger partial charge in [0.1, 0.15) is 11.5 Å². The summed E-state index contributed by atoms with van der Waals surface area (Å²) in [4.78, 5) is 12.6. The standard InChI is InChI=1S/C17H15NO4/c1-22-14-4-2-13(3-5-14)18-7-6-12-8-11(10-19)9-15(20)16(12)17(18)21/h2-9,19-20H,10H2,1H3. The predicted octanol–water partition coefficient (Wildman–Crippen LogP) is 2.20. The van der Waals surface area contributed by atoms with Crippen LogP contribution in [-0.2, 0) is 6.61 Å². The van der Waals surface area contributed by atoms with Gasteiger partial charge >= 0.3 is 0 Å². The molecule has 5 nitrogen and oxygen atoms in total. The molecule has 0 aliphatic heterocycles. The van der Waals surface area contributed by atoms with Gasteiger partial charge in [-0.15, -0.1) is 0 Å². The van der Waals surface area contributed by atoms with Crippen LogP contribution in [-0.4, -0.2) is 21.9 Å². The first kappa shape index (κ1) is 14.2. The van der Waals surface area contributed by atoms with Crippen LogP contribution in [0.15, 0.2) is 53.5 Å². The number of ether oxygens (including phenoxy) is 1. The van der Waals surface area contributed by atoms with Crippen molar-refractivity contribution < 1.29 is 14.9 Å². The Morgan fingerprint density at radius 2 is 1.86 bits per heavy atom. The van der Waals surface area contributed by atoms with E-state index in [0.29, 0.717) is 22.4 Å². The van der Waals surface area contributed by atoms with E-state index >= 15 is 0 Å². The van der Waals surface area contributed by atoms with Crippen molar-refractivity contribution in [3.63, 3.8) is 0 Å². The predicted molar refractivity (Wildman–Crippen MR) is 83.7 cm³/mol. The van der Waals surface area contributed by atoms with Gasteiger partial charge < -0.3 is 14.9 Å². The van der Waals surface area contributed by atoms with E-state index in [1.54, 1.807) is 49.7 Å². The van der Waals surface area contributed by atoms with Gasteiger partial charge in [-0.05, 0) is 53.4 Å². The largest absolute Gasteiger partial charge is 0.507 e. The summed E-state index contributed by atoms with van der Waals surface area (Å²) in [6, 6.07) is 11.9. The van der Waals surface area contributed by atoms with Crippen LogP contribution in [0, 0.1) is 0 Å². The molecule has 2 aromatic carbocycles. The molecule has 112 valence electrons. The molecule has 3 rings (SSSR count). The normalized spacial score (nSPS) is 10.8. The van der Waals surface area contributed by atoms with Gasteiger partial charge in [0.2, 0.25) is 0 Å². The molecule has 0 atom stereocenters. The molecule has 0 unspecified atom stereocenters. The molecule has 0 fully saturated rings. The lowest BCUT2D eigenvalue weighted by Gasteiger charge is -2.10. The van der Waals surface area contributed by atoms with Gasteiger partial charge in [-0.25, -0.2) is 0 Å². The van der Waals surface area contributed by atoms with Crippen LogP contribution in [0.5, 0.6) is 11.5 Å². The molecule has 1 heterocycles. The van der Waals surface area contributed by atoms with Crippen LogP contribution >= 0.6 is 0 Å². The fourth-order valence-electron chi connectivity index (χ4n) is 2.45. The number of pyridine rings is 1. The van der Waals surface area contributed by atoms with E-state index < -0.39 is 0 Å². The molecule has 2 N–H and O–H groups in total. The van der Waals surface area contributed by atoms with Crippen LogP contribution in [0.1, 0.15) is 5.56 Å². The Morgan fingerprint density at radius 1 is 1.14 bits per heavy atom. The number of fused-ring (bicyclic) bond motifs is 1. The monoisotopic (exact) mass is 297 g/mol. The van der Waals surface area contributed by atoms with Gasteiger partial charge in [0.15, 0.2) is 0 Å². The highest BCUT2D eigenvalue weighted by molar-refractivity contribution is 5.88. The number of aliphatic hydroxyl groups excluding tert-OH is 1. The van der Waals surface area contributed by atoms with E-state index in [4.69, 9.17) is 9.84 Å². The Balaban J connectivity index is 2.21. The molecule has 0 bridgehead atoms. The number of hydrogen-bond donors (Lipinski definition) is 2. The Hall–Kier alpha value is -2.79. The van der Waals surface area contributed by atoms with Crippen molar-refractivity contribution in [1.82, 2.24) is 4.57 Å². The minimum atomic E-state index is -0.315. The summed E-state index contributed by atoms with van der Waals surface area (Å²) in [5, 5.41) is 20.1. The summed E-state index contributed by atoms with van der Waals surface area (Å²) in [5.41, 5.74) is 0.926. The number of rotatable bonds is 3. The van der Waals surface area contributed by atoms with E-state index in [-0.39, 0.29) is 23.3 Å². The second-order valence-corrected chi connectivity index (χ2v) is 4.93. The van der Waals surface area contributed by atoms with Crippen LogP contribution in [0.3, 0.4) is 0 Å². The van der Waals surface area contributed by atoms with E-state index in [9.17, 15) is 9.90 Å². The molecule has 0 spiro atoms. The lowest BCUT2D eigenvalue weighted by Crippen LogP contribution is -2.17. The number of phenolic OH excluding ortho intramolecular Hbond substituents is 1. The van der Waals surface area contributed by atoms with Crippen LogP contribution in [0.4, 0.5) is 0 Å². The lowest BCUT2D eigenvalue weighted by atomic mass is 10.1. The van der Waals surface area contributed by atoms with Gasteiger partial charge in [0.25, 0.3) is 5.56 Å². The number of methoxy groups -OCH3 is 1. The fraction of sp³-hybridized carbons (Fsp3) is 0.118. The van der Waals surface area contributed by atoms with Crippen molar-refractivity contribution in [3.05, 3.63) is 64.6 Å².